The van der Waals surface area contributed by atoms with Gasteiger partial charge >= 0.3 is 0 Å². The number of aryl methyl sites for hydroxylation is 2. The van der Waals surface area contributed by atoms with Crippen molar-refractivity contribution in [2.45, 2.75) is 33.6 Å². The second-order valence-corrected chi connectivity index (χ2v) is 8.41. The molecule has 1 fully saturated rings. The summed E-state index contributed by atoms with van der Waals surface area (Å²) in [5.74, 6) is 0. The van der Waals surface area contributed by atoms with Crippen molar-refractivity contribution in [3.05, 3.63) is 65.2 Å². The van der Waals surface area contributed by atoms with Crippen molar-refractivity contribution in [3.63, 3.8) is 0 Å². The number of nitrogens with zero attached hydrogens (tertiary/aromatic N) is 6. The van der Waals surface area contributed by atoms with Crippen LogP contribution in [0.2, 0.25) is 0 Å². The summed E-state index contributed by atoms with van der Waals surface area (Å²) in [7, 11) is 2.15. The van der Waals surface area contributed by atoms with Crippen LogP contribution in [0.25, 0.3) is 11.3 Å². The molecule has 7 nitrogen and oxygen atoms in total. The molecule has 1 aliphatic rings. The summed E-state index contributed by atoms with van der Waals surface area (Å²) in [4.78, 5) is 26.1. The molecule has 0 aromatic carbocycles. The van der Waals surface area contributed by atoms with Crippen LogP contribution >= 0.6 is 0 Å². The number of aromatic nitrogens is 3. The summed E-state index contributed by atoms with van der Waals surface area (Å²) >= 11 is 0. The van der Waals surface area contributed by atoms with Crippen LogP contribution in [0.4, 0.5) is 5.69 Å². The number of likely N-dealkylation sites (N-methyl/N-ethyl adjacent to an activating group) is 1. The third-order valence-electron chi connectivity index (χ3n) is 6.07. The van der Waals surface area contributed by atoms with Gasteiger partial charge in [0, 0.05) is 43.8 Å². The van der Waals surface area contributed by atoms with E-state index in [0.717, 1.165) is 73.7 Å². The molecule has 0 bridgehead atoms. The average molecular weight is 433 g/mol. The largest absolute Gasteiger partial charge is 0.369 e. The summed E-state index contributed by atoms with van der Waals surface area (Å²) < 4.78 is 3.64. The minimum atomic E-state index is 0.615. The van der Waals surface area contributed by atoms with Crippen LogP contribution in [-0.4, -0.2) is 58.5 Å². The molecular formula is C25H32N6O. The fourth-order valence-corrected chi connectivity index (χ4v) is 4.28. The van der Waals surface area contributed by atoms with Crippen LogP contribution in [-0.2, 0) is 11.2 Å². The Balaban J connectivity index is 1.72. The SMILES string of the molecule is C/C=C(\N=c1ccc(N2CCCN(C)CC2)cn1C=O)c1cc(CC)c2nc(C)cn2c1. The van der Waals surface area contributed by atoms with Crippen LogP contribution < -0.4 is 10.4 Å². The van der Waals surface area contributed by atoms with E-state index in [9.17, 15) is 4.79 Å². The van der Waals surface area contributed by atoms with Gasteiger partial charge in [-0.15, -0.1) is 0 Å². The first kappa shape index (κ1) is 22.0. The molecule has 0 unspecified atom stereocenters. The fraction of sp³-hybridized carbons (Fsp3) is 0.400. The predicted molar refractivity (Wildman–Crippen MR) is 129 cm³/mol. The Kier molecular flexibility index (Phi) is 6.55. The Bertz CT molecular complexity index is 1220. The molecule has 1 aliphatic heterocycles. The quantitative estimate of drug-likeness (QED) is 0.581. The smallest absolute Gasteiger partial charge is 0.219 e. The zero-order valence-electron chi connectivity index (χ0n) is 19.5. The van der Waals surface area contributed by atoms with Gasteiger partial charge in [0.2, 0.25) is 6.41 Å². The molecule has 4 heterocycles. The Labute approximate surface area is 189 Å². The minimum Gasteiger partial charge on any atom is -0.369 e. The Morgan fingerprint density at radius 3 is 2.75 bits per heavy atom. The maximum atomic E-state index is 11.9. The number of carbonyl (C=O) groups excluding carboxylic acids is 1. The van der Waals surface area contributed by atoms with Crippen molar-refractivity contribution in [3.8, 4) is 0 Å². The third-order valence-corrected chi connectivity index (χ3v) is 6.07. The van der Waals surface area contributed by atoms with Crippen molar-refractivity contribution in [2.75, 3.05) is 38.1 Å². The van der Waals surface area contributed by atoms with E-state index < -0.39 is 0 Å². The normalized spacial score (nSPS) is 16.6. The summed E-state index contributed by atoms with van der Waals surface area (Å²) in [5.41, 5.74) is 6.65. The molecule has 168 valence electrons. The van der Waals surface area contributed by atoms with Crippen molar-refractivity contribution >= 4 is 23.4 Å². The van der Waals surface area contributed by atoms with Gasteiger partial charge < -0.3 is 14.2 Å². The van der Waals surface area contributed by atoms with E-state index in [-0.39, 0.29) is 0 Å². The molecule has 0 amide bonds. The van der Waals surface area contributed by atoms with Gasteiger partial charge in [-0.25, -0.2) is 9.98 Å². The number of rotatable bonds is 5. The van der Waals surface area contributed by atoms with Gasteiger partial charge in [-0.1, -0.05) is 13.0 Å². The lowest BCUT2D eigenvalue weighted by Gasteiger charge is -2.23. The summed E-state index contributed by atoms with van der Waals surface area (Å²) in [6.07, 6.45) is 10.8. The van der Waals surface area contributed by atoms with E-state index in [1.807, 2.05) is 38.4 Å². The number of hydrogen-bond acceptors (Lipinski definition) is 5. The van der Waals surface area contributed by atoms with Gasteiger partial charge in [0.05, 0.1) is 17.1 Å². The summed E-state index contributed by atoms with van der Waals surface area (Å²) in [6, 6.07) is 6.15. The first-order valence-corrected chi connectivity index (χ1v) is 11.3. The number of hydrogen-bond donors (Lipinski definition) is 0. The predicted octanol–water partition coefficient (Wildman–Crippen LogP) is 3.15. The minimum absolute atomic E-state index is 0.615. The number of allylic oxidation sites excluding steroid dienone is 1. The second-order valence-electron chi connectivity index (χ2n) is 8.41. The molecule has 3 aromatic rings. The highest BCUT2D eigenvalue weighted by molar-refractivity contribution is 5.67. The van der Waals surface area contributed by atoms with Gasteiger partial charge in [-0.05, 0) is 64.0 Å². The van der Waals surface area contributed by atoms with Crippen LogP contribution in [0.1, 0.15) is 37.1 Å². The van der Waals surface area contributed by atoms with Gasteiger partial charge in [-0.2, -0.15) is 0 Å². The molecule has 7 heteroatoms. The molecule has 0 atom stereocenters. The standard InChI is InChI=1S/C25H32N6O/c1-5-20-14-21(16-30-15-19(3)26-25(20)30)23(6-2)27-24-9-8-22(17-31(24)18-32)29-11-7-10-28(4)12-13-29/h6,8-9,14-18H,5,7,10-13H2,1-4H3/b23-6-,27-24?. The number of pyridine rings is 2. The first-order chi connectivity index (χ1) is 15.5. The Morgan fingerprint density at radius 2 is 2.00 bits per heavy atom. The number of fused-ring (bicyclic) bond motifs is 1. The molecule has 0 N–H and O–H groups in total. The molecule has 0 saturated carbocycles. The van der Waals surface area contributed by atoms with E-state index in [2.05, 4.69) is 51.5 Å². The van der Waals surface area contributed by atoms with Gasteiger partial charge in [0.25, 0.3) is 0 Å². The monoisotopic (exact) mass is 432 g/mol. The zero-order chi connectivity index (χ0) is 22.7. The van der Waals surface area contributed by atoms with E-state index >= 15 is 0 Å². The van der Waals surface area contributed by atoms with Crippen LogP contribution in [0, 0.1) is 6.92 Å². The maximum Gasteiger partial charge on any atom is 0.219 e. The summed E-state index contributed by atoms with van der Waals surface area (Å²) in [5, 5.41) is 0. The van der Waals surface area contributed by atoms with E-state index in [1.165, 1.54) is 5.56 Å². The topological polar surface area (TPSA) is 58.1 Å². The zero-order valence-corrected chi connectivity index (χ0v) is 19.5. The van der Waals surface area contributed by atoms with Crippen LogP contribution in [0.15, 0.2) is 47.9 Å². The Hall–Kier alpha value is -3.19. The second kappa shape index (κ2) is 9.53. The average Bonchev–Trinajstić information content (AvgIpc) is 3.05. The van der Waals surface area contributed by atoms with Crippen molar-refractivity contribution in [1.82, 2.24) is 18.9 Å². The lowest BCUT2D eigenvalue weighted by Crippen LogP contribution is -2.30. The van der Waals surface area contributed by atoms with Crippen molar-refractivity contribution < 1.29 is 4.79 Å². The highest BCUT2D eigenvalue weighted by Gasteiger charge is 2.14. The molecule has 4 rings (SSSR count). The molecular weight excluding hydrogens is 400 g/mol. The molecule has 0 aliphatic carbocycles. The van der Waals surface area contributed by atoms with Crippen molar-refractivity contribution in [2.24, 2.45) is 4.99 Å². The lowest BCUT2D eigenvalue weighted by atomic mass is 10.1. The fourth-order valence-electron chi connectivity index (χ4n) is 4.28. The van der Waals surface area contributed by atoms with E-state index in [1.54, 1.807) is 4.57 Å². The lowest BCUT2D eigenvalue weighted by molar-refractivity contribution is 0.360. The highest BCUT2D eigenvalue weighted by atomic mass is 16.1. The van der Waals surface area contributed by atoms with Crippen LogP contribution in [0.3, 0.4) is 0 Å². The Morgan fingerprint density at radius 1 is 1.16 bits per heavy atom. The molecule has 0 spiro atoms. The van der Waals surface area contributed by atoms with Gasteiger partial charge in [0.15, 0.2) is 0 Å². The van der Waals surface area contributed by atoms with E-state index in [4.69, 9.17) is 4.99 Å². The van der Waals surface area contributed by atoms with Crippen molar-refractivity contribution in [1.29, 1.82) is 0 Å². The maximum absolute atomic E-state index is 11.9. The van der Waals surface area contributed by atoms with Gasteiger partial charge in [0.1, 0.15) is 11.1 Å². The third kappa shape index (κ3) is 4.53. The number of carbonyl (C=O) groups is 1. The molecule has 0 radical (unpaired) electrons. The number of imidazole rings is 1. The molecule has 32 heavy (non-hydrogen) atoms. The van der Waals surface area contributed by atoms with Crippen LogP contribution in [0.5, 0.6) is 0 Å². The van der Waals surface area contributed by atoms with Gasteiger partial charge in [-0.3, -0.25) is 9.36 Å². The number of anilines is 1. The highest BCUT2D eigenvalue weighted by Crippen LogP contribution is 2.21. The molecule has 1 saturated heterocycles. The summed E-state index contributed by atoms with van der Waals surface area (Å²) in [6.45, 7) is 10.2. The van der Waals surface area contributed by atoms with E-state index in [0.29, 0.717) is 5.49 Å². The first-order valence-electron chi connectivity index (χ1n) is 11.3. The molecule has 3 aromatic heterocycles.